The summed E-state index contributed by atoms with van der Waals surface area (Å²) in [4.78, 5) is 25.4. The minimum atomic E-state index is 0.233. The third-order valence-corrected chi connectivity index (χ3v) is 25.7. The molecule has 0 amide bonds. The number of aryl methyl sites for hydroxylation is 6. The molecule has 8 bridgehead atoms. The topological polar surface area (TPSA) is 32.4 Å². The van der Waals surface area contributed by atoms with Gasteiger partial charge in [0, 0.05) is 120 Å². The highest BCUT2D eigenvalue weighted by atomic mass is 15.4. The van der Waals surface area contributed by atoms with Crippen molar-refractivity contribution in [1.29, 1.82) is 0 Å². The maximum atomic E-state index is 2.86. The van der Waals surface area contributed by atoms with Gasteiger partial charge in [0.1, 0.15) is 0 Å². The Labute approximate surface area is 618 Å². The Morgan fingerprint density at radius 1 is 0.327 bits per heavy atom. The predicted molar refractivity (Wildman–Crippen MR) is 434 cm³/mol. The second kappa shape index (κ2) is 30.7. The maximum absolute atomic E-state index is 2.86. The summed E-state index contributed by atoms with van der Waals surface area (Å²) >= 11 is 0. The van der Waals surface area contributed by atoms with Crippen molar-refractivity contribution < 1.29 is 0 Å². The zero-order chi connectivity index (χ0) is 72.9. The highest BCUT2D eigenvalue weighted by molar-refractivity contribution is 5.69. The van der Waals surface area contributed by atoms with E-state index in [4.69, 9.17) is 0 Å². The van der Waals surface area contributed by atoms with Gasteiger partial charge in [0.05, 0.1) is 33.3 Å². The van der Waals surface area contributed by atoms with Crippen molar-refractivity contribution in [3.8, 4) is 0 Å². The lowest BCUT2D eigenvalue weighted by atomic mass is 9.52. The van der Waals surface area contributed by atoms with Crippen molar-refractivity contribution in [3.05, 3.63) is 153 Å². The van der Waals surface area contributed by atoms with E-state index in [1.165, 1.54) is 124 Å². The van der Waals surface area contributed by atoms with E-state index in [-0.39, 0.29) is 11.1 Å². The van der Waals surface area contributed by atoms with Crippen LogP contribution in [0.2, 0.25) is 0 Å². The van der Waals surface area contributed by atoms with Gasteiger partial charge in [-0.3, -0.25) is 0 Å². The molecule has 8 saturated carbocycles. The molecule has 0 radical (unpaired) electrons. The third-order valence-electron chi connectivity index (χ3n) is 25.7. The van der Waals surface area contributed by atoms with Gasteiger partial charge < -0.3 is 49.0 Å². The molecule has 17 rings (SSSR count). The average molecular weight is 1380 g/mol. The molecule has 0 N–H and O–H groups in total. The summed E-state index contributed by atoms with van der Waals surface area (Å²) in [7, 11) is 0. The zero-order valence-corrected chi connectivity index (χ0v) is 68.5. The second-order valence-electron chi connectivity index (χ2n) is 38.1. The molecule has 101 heavy (non-hydrogen) atoms. The van der Waals surface area contributed by atoms with Crippen molar-refractivity contribution in [2.45, 2.75) is 301 Å². The van der Waals surface area contributed by atoms with E-state index >= 15 is 0 Å². The number of hydrogen-bond donors (Lipinski definition) is 0. The van der Waals surface area contributed by atoms with Crippen LogP contribution in [0.5, 0.6) is 0 Å². The van der Waals surface area contributed by atoms with Crippen molar-refractivity contribution in [2.24, 2.45) is 35.5 Å². The summed E-state index contributed by atoms with van der Waals surface area (Å²) in [6.07, 6.45) is 32.3. The van der Waals surface area contributed by atoms with Crippen LogP contribution in [0.1, 0.15) is 281 Å². The molecule has 5 aliphatic heterocycles. The lowest BCUT2D eigenvalue weighted by Gasteiger charge is -2.62. The highest BCUT2D eigenvalue weighted by Crippen LogP contribution is 2.61. The summed E-state index contributed by atoms with van der Waals surface area (Å²) in [5.41, 5.74) is 21.6. The molecule has 4 aromatic rings. The fourth-order valence-corrected chi connectivity index (χ4v) is 21.3. The molecular formula is C91H142N10. The third kappa shape index (κ3) is 16.9. The van der Waals surface area contributed by atoms with Crippen LogP contribution in [0.25, 0.3) is 0 Å². The van der Waals surface area contributed by atoms with Crippen LogP contribution in [-0.4, -0.2) is 123 Å². The van der Waals surface area contributed by atoms with Gasteiger partial charge in [0.25, 0.3) is 0 Å². The first-order valence-electron chi connectivity index (χ1n) is 40.6. The van der Waals surface area contributed by atoms with Crippen LogP contribution in [0.15, 0.2) is 97.9 Å². The van der Waals surface area contributed by atoms with E-state index in [1.54, 1.807) is 38.5 Å². The van der Waals surface area contributed by atoms with Gasteiger partial charge in [-0.1, -0.05) is 127 Å². The van der Waals surface area contributed by atoms with Gasteiger partial charge in [0.2, 0.25) is 0 Å². The molecule has 2 saturated heterocycles. The SMILES string of the molecule is C1=CN(C23CC4CC(CC(C4)C2)C3)CN1C12CC3CC(CC(C3)C1)C2.CC(C)(C)N1C=CN(C(C)(C)C)C1.CC(C)N1C=CN(C(C)C)C1.CC(C)c1cccc(C(C)C)c1N1CCN(c2c(C(C)C)cccc2C(C)C)C1.Cc1cc(C)c(N2CCN(c3c(C)cc(C)cc3C)C2)c(C)c1. The largest absolute Gasteiger partial charge is 0.356 e. The van der Waals surface area contributed by atoms with Crippen LogP contribution < -0.4 is 19.6 Å². The smallest absolute Gasteiger partial charge is 0.0904 e. The number of benzene rings is 4. The molecule has 556 valence electrons. The monoisotopic (exact) mass is 1380 g/mol. The molecule has 0 atom stereocenters. The van der Waals surface area contributed by atoms with E-state index in [0.717, 1.165) is 88.4 Å². The van der Waals surface area contributed by atoms with Crippen LogP contribution in [0.3, 0.4) is 0 Å². The van der Waals surface area contributed by atoms with Crippen molar-refractivity contribution in [3.63, 3.8) is 0 Å². The van der Waals surface area contributed by atoms with Gasteiger partial charge >= 0.3 is 0 Å². The Bertz CT molecular complexity index is 3160. The lowest BCUT2D eigenvalue weighted by Crippen LogP contribution is -2.62. The molecule has 13 aliphatic rings. The Hall–Kier alpha value is -5.90. The number of rotatable bonds is 12. The zero-order valence-electron chi connectivity index (χ0n) is 68.5. The number of anilines is 4. The summed E-state index contributed by atoms with van der Waals surface area (Å²) in [6.45, 7) is 63.8. The van der Waals surface area contributed by atoms with Gasteiger partial charge in [0.15, 0.2) is 0 Å². The minimum absolute atomic E-state index is 0.233. The number of para-hydroxylation sites is 2. The summed E-state index contributed by atoms with van der Waals surface area (Å²) < 4.78 is 0. The summed E-state index contributed by atoms with van der Waals surface area (Å²) in [6, 6.07) is 24.2. The fourth-order valence-electron chi connectivity index (χ4n) is 21.3. The van der Waals surface area contributed by atoms with Gasteiger partial charge in [-0.05, 0) is 292 Å². The molecule has 10 heteroatoms. The molecule has 4 aromatic carbocycles. The number of nitrogens with zero attached hydrogens (tertiary/aromatic N) is 10. The Kier molecular flexibility index (Phi) is 23.1. The molecule has 5 heterocycles. The molecule has 8 aliphatic carbocycles. The second-order valence-corrected chi connectivity index (χ2v) is 38.1. The molecular weight excluding hydrogens is 1230 g/mol. The summed E-state index contributed by atoms with van der Waals surface area (Å²) in [5.74, 6) is 8.52. The van der Waals surface area contributed by atoms with E-state index < -0.39 is 0 Å². The van der Waals surface area contributed by atoms with Crippen LogP contribution in [0, 0.1) is 77.0 Å². The lowest BCUT2D eigenvalue weighted by molar-refractivity contribution is -0.105. The Morgan fingerprint density at radius 2 is 0.594 bits per heavy atom. The molecule has 0 unspecified atom stereocenters. The quantitative estimate of drug-likeness (QED) is 0.137. The minimum Gasteiger partial charge on any atom is -0.356 e. The standard InChI is InChI=1S/C27H40N2.C23H34N2.C21H28N2.C11H22N2.C9H18N2/c1-18(2)22-11-9-12-23(19(3)4)26(22)28-15-16-29(17-28)27-24(20(5)6)13-10-14-25(27)21(7)8;1-2-25(23-12-19-6-20(13-23)8-21(7-19)14-23)15-24(1)22-9-16-3-17(10-22)5-18(4-16)11-22;1-14-9-16(3)20(17(4)10-14)22-7-8-23(13-22)21-18(5)11-15(2)12-19(21)6;1-10(2,3)12-7-8-13(9-12)11(4,5)6;1-8(2)10-5-6-11(7-10)9(3)4/h9-14,18-21H,15-17H2,1-8H3;1-2,16-21H,3-15H2;9-12H,7-8,13H2,1-6H3;7-8H,9H2,1-6H3;5-6,8-9H,7H2,1-4H3. The van der Waals surface area contributed by atoms with E-state index in [1.807, 2.05) is 0 Å². The summed E-state index contributed by atoms with van der Waals surface area (Å²) in [5, 5.41) is 0. The van der Waals surface area contributed by atoms with E-state index in [0.29, 0.717) is 46.8 Å². The van der Waals surface area contributed by atoms with Crippen LogP contribution >= 0.6 is 0 Å². The highest BCUT2D eigenvalue weighted by Gasteiger charge is 2.57. The normalized spacial score (nSPS) is 26.3. The first-order chi connectivity index (χ1) is 47.6. The van der Waals surface area contributed by atoms with Crippen molar-refractivity contribution in [2.75, 3.05) is 79.1 Å². The Balaban J connectivity index is 0.000000132. The molecule has 0 aromatic heterocycles. The van der Waals surface area contributed by atoms with Gasteiger partial charge in [-0.15, -0.1) is 0 Å². The van der Waals surface area contributed by atoms with Gasteiger partial charge in [-0.2, -0.15) is 0 Å². The Morgan fingerprint density at radius 3 is 0.822 bits per heavy atom. The molecule has 10 fully saturated rings. The first-order valence-corrected chi connectivity index (χ1v) is 40.6. The van der Waals surface area contributed by atoms with Crippen LogP contribution in [-0.2, 0) is 0 Å². The first kappa shape index (κ1) is 76.2. The maximum Gasteiger partial charge on any atom is 0.0904 e. The van der Waals surface area contributed by atoms with Crippen LogP contribution in [0.4, 0.5) is 22.7 Å². The predicted octanol–water partition coefficient (Wildman–Crippen LogP) is 21.7. The van der Waals surface area contributed by atoms with E-state index in [9.17, 15) is 0 Å². The molecule has 0 spiro atoms. The van der Waals surface area contributed by atoms with E-state index in [2.05, 4.69) is 313 Å². The fraction of sp³-hybridized carbons (Fsp3) is 0.670. The van der Waals surface area contributed by atoms with Gasteiger partial charge in [-0.25, -0.2) is 0 Å². The average Bonchev–Trinajstić information content (AvgIpc) is 1.70. The number of hydrogen-bond acceptors (Lipinski definition) is 10. The van der Waals surface area contributed by atoms with Crippen molar-refractivity contribution in [1.82, 2.24) is 29.4 Å². The van der Waals surface area contributed by atoms with Crippen molar-refractivity contribution >= 4 is 22.7 Å². The molecule has 10 nitrogen and oxygen atoms in total.